The van der Waals surface area contributed by atoms with Gasteiger partial charge in [0.2, 0.25) is 0 Å². The first-order chi connectivity index (χ1) is 6.20. The lowest BCUT2D eigenvalue weighted by Gasteiger charge is -1.87. The highest BCUT2D eigenvalue weighted by molar-refractivity contribution is 9.10. The maximum absolute atomic E-state index is 10.8. The zero-order valence-electron chi connectivity index (χ0n) is 6.32. The zero-order valence-corrected chi connectivity index (χ0v) is 7.91. The van der Waals surface area contributed by atoms with Gasteiger partial charge in [-0.15, -0.1) is 0 Å². The smallest absolute Gasteiger partial charge is 0.342 e. The van der Waals surface area contributed by atoms with E-state index in [-0.39, 0.29) is 10.2 Å². The van der Waals surface area contributed by atoms with Gasteiger partial charge < -0.3 is 9.52 Å². The van der Waals surface area contributed by atoms with Crippen LogP contribution in [0.5, 0.6) is 0 Å². The largest absolute Gasteiger partial charge is 0.477 e. The maximum Gasteiger partial charge on any atom is 0.342 e. The van der Waals surface area contributed by atoms with Gasteiger partial charge in [-0.25, -0.2) is 4.79 Å². The molecule has 2 aromatic heterocycles. The Hall–Kier alpha value is -1.36. The van der Waals surface area contributed by atoms with Gasteiger partial charge in [0, 0.05) is 6.20 Å². The van der Waals surface area contributed by atoms with Gasteiger partial charge in [0.1, 0.15) is 11.1 Å². The van der Waals surface area contributed by atoms with Crippen LogP contribution in [0.3, 0.4) is 0 Å². The number of hydrogen-bond donors (Lipinski definition) is 1. The number of carboxylic acid groups (broad SMARTS) is 1. The number of aromatic carboxylic acids is 1. The van der Waals surface area contributed by atoms with Crippen LogP contribution in [0.4, 0.5) is 0 Å². The first kappa shape index (κ1) is 8.25. The quantitative estimate of drug-likeness (QED) is 0.833. The number of pyridine rings is 1. The van der Waals surface area contributed by atoms with Crippen LogP contribution in [-0.4, -0.2) is 16.1 Å². The van der Waals surface area contributed by atoms with Gasteiger partial charge >= 0.3 is 5.97 Å². The van der Waals surface area contributed by atoms with Crippen LogP contribution >= 0.6 is 15.9 Å². The summed E-state index contributed by atoms with van der Waals surface area (Å²) in [4.78, 5) is 14.7. The summed E-state index contributed by atoms with van der Waals surface area (Å²) in [5.74, 6) is -1.05. The molecule has 66 valence electrons. The van der Waals surface area contributed by atoms with Crippen molar-refractivity contribution in [3.63, 3.8) is 0 Å². The van der Waals surface area contributed by atoms with Gasteiger partial charge in [0.25, 0.3) is 0 Å². The molecule has 4 nitrogen and oxygen atoms in total. The number of aromatic nitrogens is 1. The lowest BCUT2D eigenvalue weighted by molar-refractivity contribution is 0.0696. The normalized spacial score (nSPS) is 10.5. The van der Waals surface area contributed by atoms with Crippen molar-refractivity contribution in [3.05, 3.63) is 28.6 Å². The topological polar surface area (TPSA) is 63.3 Å². The molecule has 2 aromatic rings. The lowest BCUT2D eigenvalue weighted by Crippen LogP contribution is -1.95. The van der Waals surface area contributed by atoms with Crippen molar-refractivity contribution in [2.45, 2.75) is 0 Å². The van der Waals surface area contributed by atoms with Crippen LogP contribution < -0.4 is 0 Å². The van der Waals surface area contributed by atoms with Crippen molar-refractivity contribution >= 4 is 33.0 Å². The Morgan fingerprint density at radius 1 is 1.62 bits per heavy atom. The molecule has 0 bridgehead atoms. The van der Waals surface area contributed by atoms with Gasteiger partial charge in [-0.1, -0.05) is 0 Å². The van der Waals surface area contributed by atoms with E-state index < -0.39 is 5.97 Å². The second-order valence-corrected chi connectivity index (χ2v) is 3.13. The summed E-state index contributed by atoms with van der Waals surface area (Å²) >= 11 is 3.02. The molecule has 0 aromatic carbocycles. The SMILES string of the molecule is O=C(O)c1c(Br)oc2cccnc12. The molecule has 5 heteroatoms. The van der Waals surface area contributed by atoms with Gasteiger partial charge in [0.05, 0.1) is 0 Å². The van der Waals surface area contributed by atoms with E-state index in [1.165, 1.54) is 6.20 Å². The third kappa shape index (κ3) is 1.21. The highest BCUT2D eigenvalue weighted by Crippen LogP contribution is 2.27. The molecule has 0 saturated carbocycles. The number of furan rings is 1. The maximum atomic E-state index is 10.8. The molecule has 0 radical (unpaired) electrons. The van der Waals surface area contributed by atoms with Crippen molar-refractivity contribution in [2.24, 2.45) is 0 Å². The Bertz CT molecular complexity index is 477. The summed E-state index contributed by atoms with van der Waals surface area (Å²) in [5, 5.41) is 8.82. The predicted octanol–water partition coefficient (Wildman–Crippen LogP) is 2.29. The molecule has 0 fully saturated rings. The molecule has 0 unspecified atom stereocenters. The summed E-state index contributed by atoms with van der Waals surface area (Å²) < 4.78 is 5.34. The van der Waals surface area contributed by atoms with Gasteiger partial charge in [0.15, 0.2) is 10.3 Å². The minimum absolute atomic E-state index is 0.0654. The molecule has 2 heterocycles. The van der Waals surface area contributed by atoms with Crippen molar-refractivity contribution in [2.75, 3.05) is 0 Å². The Morgan fingerprint density at radius 2 is 2.38 bits per heavy atom. The molecule has 0 aliphatic heterocycles. The Balaban J connectivity index is 2.86. The van der Waals surface area contributed by atoms with Crippen molar-refractivity contribution in [3.8, 4) is 0 Å². The molecular formula is C8H4BrNO3. The zero-order chi connectivity index (χ0) is 9.42. The van der Waals surface area contributed by atoms with Gasteiger partial charge in [-0.2, -0.15) is 0 Å². The summed E-state index contributed by atoms with van der Waals surface area (Å²) in [5.41, 5.74) is 0.893. The average molecular weight is 242 g/mol. The summed E-state index contributed by atoms with van der Waals surface area (Å²) in [6.45, 7) is 0. The number of nitrogens with zero attached hydrogens (tertiary/aromatic N) is 1. The number of halogens is 1. The van der Waals surface area contributed by atoms with Crippen LogP contribution in [0.1, 0.15) is 10.4 Å². The molecule has 0 aliphatic carbocycles. The Morgan fingerprint density at radius 3 is 3.08 bits per heavy atom. The summed E-state index contributed by atoms with van der Waals surface area (Å²) in [7, 11) is 0. The molecule has 1 N–H and O–H groups in total. The fourth-order valence-corrected chi connectivity index (χ4v) is 1.62. The van der Waals surface area contributed by atoms with Crippen LogP contribution in [-0.2, 0) is 0 Å². The highest BCUT2D eigenvalue weighted by Gasteiger charge is 2.18. The molecule has 0 spiro atoms. The van der Waals surface area contributed by atoms with E-state index in [0.29, 0.717) is 11.1 Å². The van der Waals surface area contributed by atoms with Crippen molar-refractivity contribution in [1.82, 2.24) is 4.98 Å². The monoisotopic (exact) mass is 241 g/mol. The first-order valence-electron chi connectivity index (χ1n) is 3.46. The van der Waals surface area contributed by atoms with E-state index in [4.69, 9.17) is 9.52 Å². The highest BCUT2D eigenvalue weighted by atomic mass is 79.9. The van der Waals surface area contributed by atoms with E-state index >= 15 is 0 Å². The predicted molar refractivity (Wildman–Crippen MR) is 48.7 cm³/mol. The standard InChI is InChI=1S/C8H4BrNO3/c9-7-5(8(11)12)6-4(13-7)2-1-3-10-6/h1-3H,(H,11,12). The lowest BCUT2D eigenvalue weighted by atomic mass is 10.3. The first-order valence-corrected chi connectivity index (χ1v) is 4.26. The van der Waals surface area contributed by atoms with Crippen molar-refractivity contribution in [1.29, 1.82) is 0 Å². The van der Waals surface area contributed by atoms with Crippen LogP contribution in [0, 0.1) is 0 Å². The molecular weight excluding hydrogens is 238 g/mol. The summed E-state index contributed by atoms with van der Waals surface area (Å²) in [6, 6.07) is 3.35. The van der Waals surface area contributed by atoms with Crippen LogP contribution in [0.25, 0.3) is 11.1 Å². The van der Waals surface area contributed by atoms with E-state index in [1.807, 2.05) is 0 Å². The minimum Gasteiger partial charge on any atom is -0.477 e. The second kappa shape index (κ2) is 2.85. The Kier molecular flexibility index (Phi) is 1.81. The number of carboxylic acids is 1. The van der Waals surface area contributed by atoms with Crippen molar-refractivity contribution < 1.29 is 14.3 Å². The Labute approximate surface area is 81.3 Å². The third-order valence-corrected chi connectivity index (χ3v) is 2.18. The molecule has 0 atom stereocenters. The van der Waals surface area contributed by atoms with Crippen LogP contribution in [0.15, 0.2) is 27.4 Å². The molecule has 13 heavy (non-hydrogen) atoms. The van der Waals surface area contributed by atoms with E-state index in [1.54, 1.807) is 12.1 Å². The molecule has 0 saturated heterocycles. The average Bonchev–Trinajstić information content (AvgIpc) is 2.39. The van der Waals surface area contributed by atoms with Gasteiger partial charge in [-0.3, -0.25) is 4.98 Å². The number of hydrogen-bond acceptors (Lipinski definition) is 3. The fraction of sp³-hybridized carbons (Fsp3) is 0. The van der Waals surface area contributed by atoms with E-state index in [2.05, 4.69) is 20.9 Å². The second-order valence-electron chi connectivity index (χ2n) is 2.41. The molecule has 0 aliphatic rings. The van der Waals surface area contributed by atoms with E-state index in [9.17, 15) is 4.79 Å². The minimum atomic E-state index is -1.05. The van der Waals surface area contributed by atoms with E-state index in [0.717, 1.165) is 0 Å². The molecule has 0 amide bonds. The molecule has 2 rings (SSSR count). The van der Waals surface area contributed by atoms with Gasteiger partial charge in [-0.05, 0) is 28.1 Å². The number of carbonyl (C=O) groups is 1. The summed E-state index contributed by atoms with van der Waals surface area (Å²) in [6.07, 6.45) is 1.52. The van der Waals surface area contributed by atoms with Crippen LogP contribution in [0.2, 0.25) is 0 Å². The number of rotatable bonds is 1. The fourth-order valence-electron chi connectivity index (χ4n) is 1.09. The number of fused-ring (bicyclic) bond motifs is 1. The third-order valence-electron chi connectivity index (χ3n) is 1.62.